The summed E-state index contributed by atoms with van der Waals surface area (Å²) in [6.07, 6.45) is -4.44. The van der Waals surface area contributed by atoms with Crippen molar-refractivity contribution >= 4 is 32.4 Å². The van der Waals surface area contributed by atoms with Crippen molar-refractivity contribution in [1.82, 2.24) is 10.2 Å². The molecule has 0 amide bonds. The van der Waals surface area contributed by atoms with E-state index in [2.05, 4.69) is 31.4 Å². The van der Waals surface area contributed by atoms with Crippen molar-refractivity contribution in [3.8, 4) is 0 Å². The van der Waals surface area contributed by atoms with E-state index in [9.17, 15) is 13.2 Å². The maximum absolute atomic E-state index is 12.3. The van der Waals surface area contributed by atoms with Crippen molar-refractivity contribution in [1.29, 1.82) is 0 Å². The van der Waals surface area contributed by atoms with Gasteiger partial charge in [0.2, 0.25) is 10.1 Å². The van der Waals surface area contributed by atoms with Crippen LogP contribution >= 0.6 is 27.3 Å². The summed E-state index contributed by atoms with van der Waals surface area (Å²) in [5.41, 5.74) is 0.932. The van der Waals surface area contributed by atoms with Gasteiger partial charge in [0.1, 0.15) is 0 Å². The molecule has 8 heteroatoms. The van der Waals surface area contributed by atoms with Crippen LogP contribution in [0, 0.1) is 0 Å². The lowest BCUT2D eigenvalue weighted by atomic mass is 10.2. The molecule has 96 valence electrons. The Morgan fingerprint density at radius 2 is 1.94 bits per heavy atom. The molecule has 0 aliphatic rings. The Balaban J connectivity index is 2.03. The second kappa shape index (κ2) is 5.23. The molecule has 0 radical (unpaired) electrons. The molecule has 0 bridgehead atoms. The second-order valence-electron chi connectivity index (χ2n) is 3.36. The Labute approximate surface area is 113 Å². The Morgan fingerprint density at radius 1 is 1.22 bits per heavy atom. The number of hydrogen-bond donors (Lipinski definition) is 1. The first-order valence-electron chi connectivity index (χ1n) is 4.85. The summed E-state index contributed by atoms with van der Waals surface area (Å²) >= 11 is 3.85. The molecule has 2 rings (SSSR count). The molecule has 0 saturated carbocycles. The summed E-state index contributed by atoms with van der Waals surface area (Å²) in [6.45, 7) is 0.383. The molecule has 1 aromatic carbocycles. The molecular weight excluding hydrogens is 331 g/mol. The molecule has 2 aromatic rings. The predicted octanol–water partition coefficient (Wildman–Crippen LogP) is 3.93. The van der Waals surface area contributed by atoms with Gasteiger partial charge in [0, 0.05) is 11.0 Å². The van der Waals surface area contributed by atoms with E-state index in [1.54, 1.807) is 0 Å². The van der Waals surface area contributed by atoms with Crippen LogP contribution in [0.3, 0.4) is 0 Å². The molecule has 1 N–H and O–H groups in total. The van der Waals surface area contributed by atoms with Crippen molar-refractivity contribution in [2.75, 3.05) is 5.32 Å². The van der Waals surface area contributed by atoms with Crippen LogP contribution in [0.25, 0.3) is 0 Å². The Morgan fingerprint density at radius 3 is 2.56 bits per heavy atom. The highest BCUT2D eigenvalue weighted by Gasteiger charge is 2.35. The third kappa shape index (κ3) is 3.20. The van der Waals surface area contributed by atoms with Crippen LogP contribution in [0.5, 0.6) is 0 Å². The largest absolute Gasteiger partial charge is 0.445 e. The molecule has 3 nitrogen and oxygen atoms in total. The van der Waals surface area contributed by atoms with Gasteiger partial charge in [-0.3, -0.25) is 0 Å². The van der Waals surface area contributed by atoms with Crippen LogP contribution in [0.1, 0.15) is 10.6 Å². The maximum Gasteiger partial charge on any atom is 0.445 e. The Bertz CT molecular complexity index is 541. The molecule has 0 aliphatic carbocycles. The number of aromatic nitrogens is 2. The first kappa shape index (κ1) is 13.3. The van der Waals surface area contributed by atoms with E-state index >= 15 is 0 Å². The quantitative estimate of drug-likeness (QED) is 0.921. The summed E-state index contributed by atoms with van der Waals surface area (Å²) in [6, 6.07) is 7.43. The number of benzene rings is 1. The van der Waals surface area contributed by atoms with Crippen molar-refractivity contribution in [3.63, 3.8) is 0 Å². The lowest BCUT2D eigenvalue weighted by Gasteiger charge is -2.04. The van der Waals surface area contributed by atoms with Crippen LogP contribution in [0.4, 0.5) is 18.3 Å². The van der Waals surface area contributed by atoms with Crippen LogP contribution in [0.2, 0.25) is 0 Å². The molecule has 0 saturated heterocycles. The zero-order valence-electron chi connectivity index (χ0n) is 8.83. The summed E-state index contributed by atoms with van der Waals surface area (Å²) in [5.74, 6) is 0. The van der Waals surface area contributed by atoms with Gasteiger partial charge in [-0.1, -0.05) is 45.5 Å². The fraction of sp³-hybridized carbons (Fsp3) is 0.200. The average molecular weight is 338 g/mol. The van der Waals surface area contributed by atoms with Crippen molar-refractivity contribution in [3.05, 3.63) is 39.3 Å². The molecule has 0 spiro atoms. The topological polar surface area (TPSA) is 37.8 Å². The highest BCUT2D eigenvalue weighted by molar-refractivity contribution is 9.10. The lowest BCUT2D eigenvalue weighted by Crippen LogP contribution is -2.03. The third-order valence-electron chi connectivity index (χ3n) is 2.06. The summed E-state index contributed by atoms with van der Waals surface area (Å²) in [7, 11) is 0. The van der Waals surface area contributed by atoms with E-state index in [1.165, 1.54) is 0 Å². The first-order chi connectivity index (χ1) is 8.47. The van der Waals surface area contributed by atoms with E-state index in [-0.39, 0.29) is 5.13 Å². The fourth-order valence-corrected chi connectivity index (χ4v) is 2.25. The monoisotopic (exact) mass is 337 g/mol. The smallest absolute Gasteiger partial charge is 0.356 e. The number of anilines is 1. The fourth-order valence-electron chi connectivity index (χ4n) is 1.22. The van der Waals surface area contributed by atoms with Gasteiger partial charge in [0.05, 0.1) is 0 Å². The number of hydrogen-bond acceptors (Lipinski definition) is 4. The van der Waals surface area contributed by atoms with E-state index in [1.807, 2.05) is 24.3 Å². The molecule has 0 atom stereocenters. The van der Waals surface area contributed by atoms with Crippen LogP contribution in [-0.2, 0) is 12.7 Å². The van der Waals surface area contributed by atoms with Gasteiger partial charge in [-0.25, -0.2) is 0 Å². The van der Waals surface area contributed by atoms with E-state index in [4.69, 9.17) is 0 Å². The second-order valence-corrected chi connectivity index (χ2v) is 5.19. The number of rotatable bonds is 3. The van der Waals surface area contributed by atoms with Gasteiger partial charge in [0.15, 0.2) is 0 Å². The zero-order chi connectivity index (χ0) is 13.2. The molecular formula is C10H7BrF3N3S. The van der Waals surface area contributed by atoms with Crippen LogP contribution in [0.15, 0.2) is 28.7 Å². The minimum Gasteiger partial charge on any atom is -0.356 e. The molecule has 0 fully saturated rings. The zero-order valence-corrected chi connectivity index (χ0v) is 11.2. The number of nitrogens with zero attached hydrogens (tertiary/aromatic N) is 2. The average Bonchev–Trinajstić information content (AvgIpc) is 2.76. The Kier molecular flexibility index (Phi) is 3.86. The SMILES string of the molecule is FC(F)(F)c1nnc(NCc2ccccc2Br)s1. The van der Waals surface area contributed by atoms with E-state index in [0.717, 1.165) is 10.0 Å². The van der Waals surface area contributed by atoms with Crippen molar-refractivity contribution < 1.29 is 13.2 Å². The van der Waals surface area contributed by atoms with Gasteiger partial charge in [-0.05, 0) is 11.6 Å². The molecule has 0 aliphatic heterocycles. The molecule has 0 unspecified atom stereocenters. The molecule has 1 heterocycles. The van der Waals surface area contributed by atoms with Gasteiger partial charge < -0.3 is 5.32 Å². The van der Waals surface area contributed by atoms with Gasteiger partial charge in [-0.15, -0.1) is 10.2 Å². The number of alkyl halides is 3. The lowest BCUT2D eigenvalue weighted by molar-refractivity contribution is -0.138. The van der Waals surface area contributed by atoms with Gasteiger partial charge in [0.25, 0.3) is 0 Å². The van der Waals surface area contributed by atoms with E-state index in [0.29, 0.717) is 17.9 Å². The minimum atomic E-state index is -4.44. The summed E-state index contributed by atoms with van der Waals surface area (Å²) in [4.78, 5) is 0. The highest BCUT2D eigenvalue weighted by Crippen LogP contribution is 2.33. The third-order valence-corrected chi connectivity index (χ3v) is 3.75. The number of nitrogens with one attached hydrogen (secondary N) is 1. The minimum absolute atomic E-state index is 0.151. The summed E-state index contributed by atoms with van der Waals surface area (Å²) in [5, 5.41) is 8.55. The number of halogens is 4. The van der Waals surface area contributed by atoms with Crippen LogP contribution in [-0.4, -0.2) is 10.2 Å². The van der Waals surface area contributed by atoms with Crippen molar-refractivity contribution in [2.24, 2.45) is 0 Å². The first-order valence-corrected chi connectivity index (χ1v) is 6.46. The summed E-state index contributed by atoms with van der Waals surface area (Å²) < 4.78 is 37.8. The maximum atomic E-state index is 12.3. The molecule has 1 aromatic heterocycles. The standard InChI is InChI=1S/C10H7BrF3N3S/c11-7-4-2-1-3-6(7)5-15-9-17-16-8(18-9)10(12,13)14/h1-4H,5H2,(H,15,17). The molecule has 18 heavy (non-hydrogen) atoms. The predicted molar refractivity (Wildman–Crippen MR) is 66.4 cm³/mol. The normalized spacial score (nSPS) is 11.6. The van der Waals surface area contributed by atoms with Crippen LogP contribution < -0.4 is 5.32 Å². The Hall–Kier alpha value is -1.15. The van der Waals surface area contributed by atoms with E-state index < -0.39 is 11.2 Å². The highest BCUT2D eigenvalue weighted by atomic mass is 79.9. The van der Waals surface area contributed by atoms with Gasteiger partial charge in [-0.2, -0.15) is 13.2 Å². The van der Waals surface area contributed by atoms with Crippen molar-refractivity contribution in [2.45, 2.75) is 12.7 Å². The van der Waals surface area contributed by atoms with Gasteiger partial charge >= 0.3 is 6.18 Å².